The summed E-state index contributed by atoms with van der Waals surface area (Å²) in [5.41, 5.74) is 3.25. The molecule has 1 aliphatic rings. The Hall–Kier alpha value is -2.90. The number of aliphatic hydroxyl groups is 1. The van der Waals surface area contributed by atoms with Crippen LogP contribution in [0.2, 0.25) is 0 Å². The summed E-state index contributed by atoms with van der Waals surface area (Å²) in [4.78, 5) is 33.1. The Bertz CT molecular complexity index is 1190. The van der Waals surface area contributed by atoms with Gasteiger partial charge in [-0.05, 0) is 39.2 Å². The standard InChI is InChI=1S/C24H24BrN3O3/c1-14-19(17-6-4-5-7-18(17)26-14)21-20(22(29)15-8-10-16(25)11-9-15)23(30)24(31)28(21)13-12-27(2)3/h4-11,21,26,29H,12-13H2,1-3H3/b22-20+. The van der Waals surface area contributed by atoms with E-state index in [2.05, 4.69) is 20.9 Å². The zero-order valence-corrected chi connectivity index (χ0v) is 19.2. The van der Waals surface area contributed by atoms with Crippen molar-refractivity contribution in [3.8, 4) is 0 Å². The highest BCUT2D eigenvalue weighted by atomic mass is 79.9. The molecule has 3 aromatic rings. The van der Waals surface area contributed by atoms with Crippen molar-refractivity contribution >= 4 is 44.3 Å². The summed E-state index contributed by atoms with van der Waals surface area (Å²) in [5, 5.41) is 12.1. The second-order valence-electron chi connectivity index (χ2n) is 8.01. The third kappa shape index (κ3) is 3.79. The second-order valence-corrected chi connectivity index (χ2v) is 8.93. The zero-order valence-electron chi connectivity index (χ0n) is 17.6. The SMILES string of the molecule is Cc1[nH]c2ccccc2c1C1/C(=C(\O)c2ccc(Br)cc2)C(=O)C(=O)N1CCN(C)C. The van der Waals surface area contributed by atoms with E-state index in [1.54, 1.807) is 29.2 Å². The number of aryl methyl sites for hydroxylation is 1. The van der Waals surface area contributed by atoms with Gasteiger partial charge in [-0.3, -0.25) is 9.59 Å². The molecule has 2 aromatic carbocycles. The number of carbonyl (C=O) groups excluding carboxylic acids is 2. The average molecular weight is 482 g/mol. The van der Waals surface area contributed by atoms with Gasteiger partial charge in [-0.25, -0.2) is 0 Å². The van der Waals surface area contributed by atoms with Gasteiger partial charge < -0.3 is 19.9 Å². The molecule has 160 valence electrons. The molecule has 1 atom stereocenters. The quantitative estimate of drug-likeness (QED) is 0.325. The molecule has 2 heterocycles. The second kappa shape index (κ2) is 8.32. The van der Waals surface area contributed by atoms with E-state index in [0.717, 1.165) is 26.6 Å². The van der Waals surface area contributed by atoms with E-state index in [9.17, 15) is 14.7 Å². The molecule has 4 rings (SSSR count). The number of ketones is 1. The van der Waals surface area contributed by atoms with E-state index >= 15 is 0 Å². The van der Waals surface area contributed by atoms with Crippen LogP contribution in [-0.4, -0.2) is 58.8 Å². The van der Waals surface area contributed by atoms with E-state index in [4.69, 9.17) is 0 Å². The summed E-state index contributed by atoms with van der Waals surface area (Å²) in [7, 11) is 3.84. The van der Waals surface area contributed by atoms with Gasteiger partial charge in [-0.1, -0.05) is 46.3 Å². The first-order valence-corrected chi connectivity index (χ1v) is 10.8. The minimum absolute atomic E-state index is 0.124. The van der Waals surface area contributed by atoms with Gasteiger partial charge in [0.25, 0.3) is 11.7 Å². The summed E-state index contributed by atoms with van der Waals surface area (Å²) in [5.74, 6) is -1.41. The normalized spacial score (nSPS) is 18.5. The Balaban J connectivity index is 1.95. The Morgan fingerprint density at radius 3 is 2.48 bits per heavy atom. The van der Waals surface area contributed by atoms with Crippen molar-refractivity contribution < 1.29 is 14.7 Å². The molecule has 1 amide bonds. The molecule has 0 spiro atoms. The number of hydrogen-bond donors (Lipinski definition) is 2. The predicted molar refractivity (Wildman–Crippen MR) is 125 cm³/mol. The zero-order chi connectivity index (χ0) is 22.3. The van der Waals surface area contributed by atoms with Gasteiger partial charge in [-0.2, -0.15) is 0 Å². The molecule has 0 bridgehead atoms. The number of carbonyl (C=O) groups is 2. The van der Waals surface area contributed by atoms with Crippen LogP contribution in [0.15, 0.2) is 58.6 Å². The Morgan fingerprint density at radius 1 is 1.13 bits per heavy atom. The van der Waals surface area contributed by atoms with Crippen LogP contribution in [0.4, 0.5) is 0 Å². The highest BCUT2D eigenvalue weighted by Crippen LogP contribution is 2.43. The number of aliphatic hydroxyl groups excluding tert-OH is 1. The smallest absolute Gasteiger partial charge is 0.295 e. The van der Waals surface area contributed by atoms with Gasteiger partial charge in [-0.15, -0.1) is 0 Å². The number of aromatic nitrogens is 1. The van der Waals surface area contributed by atoms with Crippen LogP contribution in [-0.2, 0) is 9.59 Å². The molecule has 0 radical (unpaired) electrons. The number of aromatic amines is 1. The summed E-state index contributed by atoms with van der Waals surface area (Å²) in [6.45, 7) is 2.91. The van der Waals surface area contributed by atoms with Crippen LogP contribution in [0.1, 0.15) is 22.9 Å². The number of halogens is 1. The molecule has 1 saturated heterocycles. The van der Waals surface area contributed by atoms with Crippen molar-refractivity contribution in [3.63, 3.8) is 0 Å². The Labute approximate surface area is 189 Å². The summed E-state index contributed by atoms with van der Waals surface area (Å²) < 4.78 is 0.861. The number of benzene rings is 2. The summed E-state index contributed by atoms with van der Waals surface area (Å²) in [6.07, 6.45) is 0. The molecule has 7 heteroatoms. The number of likely N-dealkylation sites (N-methyl/N-ethyl adjacent to an activating group) is 1. The molecule has 1 unspecified atom stereocenters. The van der Waals surface area contributed by atoms with Gasteiger partial charge in [0.1, 0.15) is 5.76 Å². The molecular weight excluding hydrogens is 458 g/mol. The van der Waals surface area contributed by atoms with Crippen molar-refractivity contribution in [2.75, 3.05) is 27.2 Å². The molecule has 1 aromatic heterocycles. The lowest BCUT2D eigenvalue weighted by atomic mass is 9.93. The number of nitrogens with zero attached hydrogens (tertiary/aromatic N) is 2. The molecule has 6 nitrogen and oxygen atoms in total. The average Bonchev–Trinajstić information content (AvgIpc) is 3.19. The fourth-order valence-corrected chi connectivity index (χ4v) is 4.40. The fourth-order valence-electron chi connectivity index (χ4n) is 4.13. The fraction of sp³-hybridized carbons (Fsp3) is 0.250. The number of hydrogen-bond acceptors (Lipinski definition) is 4. The number of Topliss-reactive ketones (excluding diaryl/α,β-unsaturated/α-hetero) is 1. The molecule has 0 saturated carbocycles. The van der Waals surface area contributed by atoms with Crippen LogP contribution in [0.5, 0.6) is 0 Å². The first kappa shape index (κ1) is 21.3. The topological polar surface area (TPSA) is 76.6 Å². The third-order valence-electron chi connectivity index (χ3n) is 5.66. The van der Waals surface area contributed by atoms with Crippen molar-refractivity contribution in [2.45, 2.75) is 13.0 Å². The summed E-state index contributed by atoms with van der Waals surface area (Å²) in [6, 6.07) is 14.2. The first-order valence-electron chi connectivity index (χ1n) is 10.1. The maximum atomic E-state index is 13.2. The third-order valence-corrected chi connectivity index (χ3v) is 6.19. The van der Waals surface area contributed by atoms with Crippen LogP contribution in [0.25, 0.3) is 16.7 Å². The monoisotopic (exact) mass is 481 g/mol. The lowest BCUT2D eigenvalue weighted by Gasteiger charge is -2.27. The number of likely N-dealkylation sites (tertiary alicyclic amines) is 1. The number of para-hydroxylation sites is 1. The van der Waals surface area contributed by atoms with E-state index in [0.29, 0.717) is 18.7 Å². The largest absolute Gasteiger partial charge is 0.507 e. The molecule has 31 heavy (non-hydrogen) atoms. The minimum Gasteiger partial charge on any atom is -0.507 e. The van der Waals surface area contributed by atoms with Crippen molar-refractivity contribution in [3.05, 3.63) is 75.4 Å². The van der Waals surface area contributed by atoms with Crippen LogP contribution < -0.4 is 0 Å². The minimum atomic E-state index is -0.667. The van der Waals surface area contributed by atoms with E-state index < -0.39 is 17.7 Å². The Morgan fingerprint density at radius 2 is 1.81 bits per heavy atom. The maximum Gasteiger partial charge on any atom is 0.295 e. The van der Waals surface area contributed by atoms with Crippen LogP contribution >= 0.6 is 15.9 Å². The van der Waals surface area contributed by atoms with Gasteiger partial charge in [0.05, 0.1) is 11.6 Å². The number of fused-ring (bicyclic) bond motifs is 1. The molecule has 0 aliphatic carbocycles. The predicted octanol–water partition coefficient (Wildman–Crippen LogP) is 4.22. The van der Waals surface area contributed by atoms with Gasteiger partial charge in [0, 0.05) is 45.3 Å². The lowest BCUT2D eigenvalue weighted by molar-refractivity contribution is -0.140. The molecule has 1 fully saturated rings. The number of rotatable bonds is 5. The van der Waals surface area contributed by atoms with E-state index in [-0.39, 0.29) is 11.3 Å². The van der Waals surface area contributed by atoms with Crippen molar-refractivity contribution in [1.29, 1.82) is 0 Å². The van der Waals surface area contributed by atoms with Gasteiger partial charge in [0.15, 0.2) is 0 Å². The van der Waals surface area contributed by atoms with Crippen molar-refractivity contribution in [2.24, 2.45) is 0 Å². The molecular formula is C24H24BrN3O3. The van der Waals surface area contributed by atoms with Crippen molar-refractivity contribution in [1.82, 2.24) is 14.8 Å². The summed E-state index contributed by atoms with van der Waals surface area (Å²) >= 11 is 3.39. The first-order chi connectivity index (χ1) is 14.8. The number of amides is 1. The Kier molecular flexibility index (Phi) is 5.73. The highest BCUT2D eigenvalue weighted by Gasteiger charge is 2.47. The van der Waals surface area contributed by atoms with Gasteiger partial charge in [0.2, 0.25) is 0 Å². The molecule has 1 aliphatic heterocycles. The van der Waals surface area contributed by atoms with Crippen LogP contribution in [0.3, 0.4) is 0 Å². The highest BCUT2D eigenvalue weighted by molar-refractivity contribution is 9.10. The van der Waals surface area contributed by atoms with E-state index in [1.165, 1.54) is 0 Å². The maximum absolute atomic E-state index is 13.2. The molecule has 2 N–H and O–H groups in total. The number of nitrogens with one attached hydrogen (secondary N) is 1. The van der Waals surface area contributed by atoms with E-state index in [1.807, 2.05) is 50.2 Å². The van der Waals surface area contributed by atoms with Gasteiger partial charge >= 0.3 is 0 Å². The number of H-pyrrole nitrogens is 1. The lowest BCUT2D eigenvalue weighted by Crippen LogP contribution is -2.35. The van der Waals surface area contributed by atoms with Crippen LogP contribution in [0, 0.1) is 6.92 Å².